The lowest BCUT2D eigenvalue weighted by molar-refractivity contribution is -0.142. The summed E-state index contributed by atoms with van der Waals surface area (Å²) < 4.78 is 20.9. The van der Waals surface area contributed by atoms with E-state index in [4.69, 9.17) is 4.74 Å². The Morgan fingerprint density at radius 3 is 2.31 bits per heavy atom. The second-order valence-corrected chi connectivity index (χ2v) is 8.09. The van der Waals surface area contributed by atoms with Crippen LogP contribution in [0.5, 0.6) is 5.75 Å². The molecule has 0 bridgehead atoms. The number of carbonyl (C=O) groups is 2. The van der Waals surface area contributed by atoms with Gasteiger partial charge in [0, 0.05) is 30.0 Å². The van der Waals surface area contributed by atoms with Crippen LogP contribution < -0.4 is 10.1 Å². The molecule has 0 saturated carbocycles. The molecule has 0 aliphatic heterocycles. The van der Waals surface area contributed by atoms with Crippen LogP contribution in [-0.2, 0) is 22.6 Å². The van der Waals surface area contributed by atoms with Crippen molar-refractivity contribution >= 4 is 27.7 Å². The maximum absolute atomic E-state index is 14.4. The average Bonchev–Trinajstić information content (AvgIpc) is 2.82. The number of carbonyl (C=O) groups excluding carboxylic acids is 2. The van der Waals surface area contributed by atoms with Crippen molar-refractivity contribution in [3.8, 4) is 5.75 Å². The molecular weight excluding hydrogens is 475 g/mol. The third-order valence-electron chi connectivity index (χ3n) is 4.99. The summed E-state index contributed by atoms with van der Waals surface area (Å²) in [5.41, 5.74) is 1.22. The van der Waals surface area contributed by atoms with E-state index in [1.54, 1.807) is 42.5 Å². The van der Waals surface area contributed by atoms with Gasteiger partial charge in [-0.15, -0.1) is 0 Å². The lowest BCUT2D eigenvalue weighted by atomic mass is 10.0. The van der Waals surface area contributed by atoms with Gasteiger partial charge in [-0.25, -0.2) is 4.39 Å². The first-order chi connectivity index (χ1) is 15.5. The van der Waals surface area contributed by atoms with Gasteiger partial charge in [-0.1, -0.05) is 64.5 Å². The van der Waals surface area contributed by atoms with E-state index >= 15 is 0 Å². The first-order valence-electron chi connectivity index (χ1n) is 10.1. The quantitative estimate of drug-likeness (QED) is 0.476. The Hall–Kier alpha value is -3.19. The van der Waals surface area contributed by atoms with Crippen molar-refractivity contribution in [2.75, 3.05) is 13.7 Å². The molecule has 0 unspecified atom stereocenters. The molecule has 7 heteroatoms. The molecule has 0 aromatic heterocycles. The second-order valence-electron chi connectivity index (χ2n) is 7.18. The molecule has 0 spiro atoms. The molecule has 0 aliphatic rings. The maximum atomic E-state index is 14.4. The third-order valence-corrected chi connectivity index (χ3v) is 5.52. The van der Waals surface area contributed by atoms with Crippen molar-refractivity contribution in [1.82, 2.24) is 10.2 Å². The van der Waals surface area contributed by atoms with Gasteiger partial charge in [-0.05, 0) is 35.9 Å². The standard InChI is InChI=1S/C25H24BrFN2O3/c1-28-25(31)23(15-18-7-3-2-4-8-18)29(16-19-9-5-6-10-22(19)27)24(30)17-32-21-13-11-20(26)12-14-21/h2-14,23H,15-17H2,1H3,(H,28,31)/t23-/m1/s1. The highest BCUT2D eigenvalue weighted by Gasteiger charge is 2.30. The van der Waals surface area contributed by atoms with Crippen molar-refractivity contribution in [3.05, 3.63) is 100 Å². The van der Waals surface area contributed by atoms with Gasteiger partial charge >= 0.3 is 0 Å². The maximum Gasteiger partial charge on any atom is 0.261 e. The molecule has 0 fully saturated rings. The minimum absolute atomic E-state index is 0.0554. The zero-order valence-corrected chi connectivity index (χ0v) is 19.2. The number of halogens is 2. The molecule has 0 heterocycles. The molecule has 0 aliphatic carbocycles. The number of rotatable bonds is 9. The van der Waals surface area contributed by atoms with E-state index in [1.165, 1.54) is 18.0 Å². The topological polar surface area (TPSA) is 58.6 Å². The number of hydrogen-bond acceptors (Lipinski definition) is 3. The van der Waals surface area contributed by atoms with E-state index < -0.39 is 17.8 Å². The summed E-state index contributed by atoms with van der Waals surface area (Å²) in [6.07, 6.45) is 0.291. The largest absolute Gasteiger partial charge is 0.484 e. The van der Waals surface area contributed by atoms with Crippen molar-refractivity contribution in [2.24, 2.45) is 0 Å². The smallest absolute Gasteiger partial charge is 0.261 e. The van der Waals surface area contributed by atoms with Crippen LogP contribution in [0.25, 0.3) is 0 Å². The van der Waals surface area contributed by atoms with E-state index in [9.17, 15) is 14.0 Å². The van der Waals surface area contributed by atoms with Crippen LogP contribution in [0.15, 0.2) is 83.3 Å². The number of nitrogens with one attached hydrogen (secondary N) is 1. The fourth-order valence-corrected chi connectivity index (χ4v) is 3.55. The van der Waals surface area contributed by atoms with Crippen LogP contribution >= 0.6 is 15.9 Å². The number of amides is 2. The fraction of sp³-hybridized carbons (Fsp3) is 0.200. The van der Waals surface area contributed by atoms with Crippen LogP contribution in [0.3, 0.4) is 0 Å². The zero-order valence-electron chi connectivity index (χ0n) is 17.6. The van der Waals surface area contributed by atoms with Crippen LogP contribution in [0.4, 0.5) is 4.39 Å². The first-order valence-corrected chi connectivity index (χ1v) is 10.9. The number of likely N-dealkylation sites (N-methyl/N-ethyl adjacent to an activating group) is 1. The summed E-state index contributed by atoms with van der Waals surface area (Å²) in [5, 5.41) is 2.63. The van der Waals surface area contributed by atoms with Gasteiger partial charge in [-0.3, -0.25) is 9.59 Å². The number of benzene rings is 3. The molecule has 2 amide bonds. The highest BCUT2D eigenvalue weighted by Crippen LogP contribution is 2.19. The van der Waals surface area contributed by atoms with E-state index in [1.807, 2.05) is 30.3 Å². The van der Waals surface area contributed by atoms with Gasteiger partial charge in [0.1, 0.15) is 17.6 Å². The van der Waals surface area contributed by atoms with Crippen LogP contribution in [0.2, 0.25) is 0 Å². The Kier molecular flexibility index (Phi) is 8.39. The molecule has 32 heavy (non-hydrogen) atoms. The molecule has 0 saturated heterocycles. The summed E-state index contributed by atoms with van der Waals surface area (Å²) in [7, 11) is 1.52. The highest BCUT2D eigenvalue weighted by molar-refractivity contribution is 9.10. The molecular formula is C25H24BrFN2O3. The third kappa shape index (κ3) is 6.40. The van der Waals surface area contributed by atoms with E-state index in [2.05, 4.69) is 21.2 Å². The summed E-state index contributed by atoms with van der Waals surface area (Å²) in [6.45, 7) is -0.335. The Morgan fingerprint density at radius 2 is 1.66 bits per heavy atom. The molecule has 5 nitrogen and oxygen atoms in total. The van der Waals surface area contributed by atoms with Crippen molar-refractivity contribution < 1.29 is 18.7 Å². The molecule has 1 N–H and O–H groups in total. The van der Waals surface area contributed by atoms with Crippen LogP contribution in [0, 0.1) is 5.82 Å². The minimum atomic E-state index is -0.831. The van der Waals surface area contributed by atoms with E-state index in [0.717, 1.165) is 10.0 Å². The summed E-state index contributed by atoms with van der Waals surface area (Å²) >= 11 is 3.36. The minimum Gasteiger partial charge on any atom is -0.484 e. The first kappa shape index (κ1) is 23.5. The molecule has 1 atom stereocenters. The van der Waals surface area contributed by atoms with Crippen molar-refractivity contribution in [2.45, 2.75) is 19.0 Å². The fourth-order valence-electron chi connectivity index (χ4n) is 3.29. The SMILES string of the molecule is CNC(=O)[C@@H](Cc1ccccc1)N(Cc1ccccc1F)C(=O)COc1ccc(Br)cc1. The molecule has 3 aromatic carbocycles. The Morgan fingerprint density at radius 1 is 1.00 bits per heavy atom. The second kappa shape index (κ2) is 11.4. The molecule has 166 valence electrons. The lowest BCUT2D eigenvalue weighted by Gasteiger charge is -2.31. The monoisotopic (exact) mass is 498 g/mol. The van der Waals surface area contributed by atoms with Crippen LogP contribution in [-0.4, -0.2) is 36.4 Å². The summed E-state index contributed by atoms with van der Waals surface area (Å²) in [6, 6.07) is 21.9. The number of ether oxygens (including phenoxy) is 1. The summed E-state index contributed by atoms with van der Waals surface area (Å²) in [4.78, 5) is 27.4. The normalized spacial score (nSPS) is 11.5. The molecule has 0 radical (unpaired) electrons. The lowest BCUT2D eigenvalue weighted by Crippen LogP contribution is -2.51. The van der Waals surface area contributed by atoms with Gasteiger partial charge < -0.3 is 15.0 Å². The Bertz CT molecular complexity index is 1040. The number of hydrogen-bond donors (Lipinski definition) is 1. The Labute approximate surface area is 195 Å². The van der Waals surface area contributed by atoms with E-state index in [0.29, 0.717) is 17.7 Å². The van der Waals surface area contributed by atoms with Gasteiger partial charge in [0.2, 0.25) is 5.91 Å². The average molecular weight is 499 g/mol. The predicted octanol–water partition coefficient (Wildman–Crippen LogP) is 4.35. The van der Waals surface area contributed by atoms with Gasteiger partial charge in [0.15, 0.2) is 6.61 Å². The molecule has 3 rings (SSSR count). The summed E-state index contributed by atoms with van der Waals surface area (Å²) in [5.74, 6) is -0.663. The van der Waals surface area contributed by atoms with Gasteiger partial charge in [-0.2, -0.15) is 0 Å². The van der Waals surface area contributed by atoms with E-state index in [-0.39, 0.29) is 19.1 Å². The number of nitrogens with zero attached hydrogens (tertiary/aromatic N) is 1. The predicted molar refractivity (Wildman–Crippen MR) is 125 cm³/mol. The van der Waals surface area contributed by atoms with Gasteiger partial charge in [0.25, 0.3) is 5.91 Å². The van der Waals surface area contributed by atoms with Crippen molar-refractivity contribution in [1.29, 1.82) is 0 Å². The Balaban J connectivity index is 1.87. The zero-order chi connectivity index (χ0) is 22.9. The highest BCUT2D eigenvalue weighted by atomic mass is 79.9. The van der Waals surface area contributed by atoms with Crippen molar-refractivity contribution in [3.63, 3.8) is 0 Å². The van der Waals surface area contributed by atoms with Crippen LogP contribution in [0.1, 0.15) is 11.1 Å². The molecule has 3 aromatic rings. The van der Waals surface area contributed by atoms with Gasteiger partial charge in [0.05, 0.1) is 0 Å².